The van der Waals surface area contributed by atoms with E-state index in [1.165, 1.54) is 18.2 Å². The molecule has 14 heavy (non-hydrogen) atoms. The Balaban J connectivity index is 0. The van der Waals surface area contributed by atoms with E-state index in [4.69, 9.17) is 11.1 Å². The van der Waals surface area contributed by atoms with E-state index in [1.807, 2.05) is 0 Å². The zero-order valence-electron chi connectivity index (χ0n) is 6.14. The van der Waals surface area contributed by atoms with Crippen molar-refractivity contribution in [3.8, 4) is 0 Å². The van der Waals surface area contributed by atoms with Crippen molar-refractivity contribution in [2.75, 3.05) is 0 Å². The van der Waals surface area contributed by atoms with Gasteiger partial charge >= 0.3 is 59.1 Å². The van der Waals surface area contributed by atoms with Crippen molar-refractivity contribution in [2.24, 2.45) is 0 Å². The van der Waals surface area contributed by atoms with Crippen LogP contribution < -0.4 is 0 Å². The predicted octanol–water partition coefficient (Wildman–Crippen LogP) is 0.0825. The molecule has 3 nitrogen and oxygen atoms in total. The standard InChI is InChI=1S/C8H7O3S.2Na.2H/c1-2-7-5-3-4-6-8(7)12(9,10)11;;;;/h1-6H,(H,9,10,11);;;;. The molecule has 0 spiro atoms. The minimum atomic E-state index is -4.16. The third kappa shape index (κ3) is 4.59. The van der Waals surface area contributed by atoms with Crippen molar-refractivity contribution in [1.29, 1.82) is 0 Å². The van der Waals surface area contributed by atoms with Gasteiger partial charge in [-0.3, -0.25) is 4.55 Å². The second-order valence-corrected chi connectivity index (χ2v) is 3.57. The fraction of sp³-hybridized carbons (Fsp3) is 0. The van der Waals surface area contributed by atoms with E-state index >= 15 is 0 Å². The molecule has 0 atom stereocenters. The molecule has 0 saturated heterocycles. The van der Waals surface area contributed by atoms with Crippen LogP contribution in [-0.4, -0.2) is 72.1 Å². The molecule has 1 aromatic rings. The molecule has 0 amide bonds. The maximum absolute atomic E-state index is 10.7. The van der Waals surface area contributed by atoms with Gasteiger partial charge in [0, 0.05) is 0 Å². The quantitative estimate of drug-likeness (QED) is 0.579. The van der Waals surface area contributed by atoms with Crippen LogP contribution >= 0.6 is 0 Å². The fourth-order valence-corrected chi connectivity index (χ4v) is 1.54. The summed E-state index contributed by atoms with van der Waals surface area (Å²) in [7, 11) is -4.16. The van der Waals surface area contributed by atoms with Gasteiger partial charge in [-0.1, -0.05) is 30.9 Å². The SMILES string of the molecule is [CH]=Cc1ccccc1S(=O)(=O)O.[NaH].[NaH]. The van der Waals surface area contributed by atoms with Crippen LogP contribution in [0.5, 0.6) is 0 Å². The van der Waals surface area contributed by atoms with E-state index in [1.54, 1.807) is 6.07 Å². The first-order valence-electron chi connectivity index (χ1n) is 3.17. The molecule has 1 aromatic carbocycles. The molecule has 0 aliphatic heterocycles. The molecule has 0 saturated carbocycles. The first kappa shape index (κ1) is 17.3. The first-order valence-corrected chi connectivity index (χ1v) is 4.61. The van der Waals surface area contributed by atoms with Crippen LogP contribution in [0.15, 0.2) is 29.2 Å². The van der Waals surface area contributed by atoms with Gasteiger partial charge in [0.1, 0.15) is 4.90 Å². The Morgan fingerprint density at radius 3 is 2.07 bits per heavy atom. The number of hydrogen-bond donors (Lipinski definition) is 1. The van der Waals surface area contributed by atoms with Crippen molar-refractivity contribution in [1.82, 2.24) is 0 Å². The number of rotatable bonds is 2. The molecule has 0 heterocycles. The van der Waals surface area contributed by atoms with Gasteiger partial charge in [0.2, 0.25) is 0 Å². The summed E-state index contributed by atoms with van der Waals surface area (Å²) in [5.74, 6) is 0. The molecule has 0 aliphatic carbocycles. The molecule has 0 bridgehead atoms. The van der Waals surface area contributed by atoms with Gasteiger partial charge < -0.3 is 0 Å². The third-order valence-corrected chi connectivity index (χ3v) is 2.30. The number of hydrogen-bond acceptors (Lipinski definition) is 2. The normalized spacial score (nSPS) is 9.50. The van der Waals surface area contributed by atoms with Crippen molar-refractivity contribution >= 4 is 75.3 Å². The van der Waals surface area contributed by atoms with Crippen molar-refractivity contribution in [3.05, 3.63) is 36.4 Å². The van der Waals surface area contributed by atoms with Crippen LogP contribution in [-0.2, 0) is 10.1 Å². The fourth-order valence-electron chi connectivity index (χ4n) is 0.853. The van der Waals surface area contributed by atoms with E-state index in [2.05, 4.69) is 0 Å². The van der Waals surface area contributed by atoms with Gasteiger partial charge in [-0.05, 0) is 11.6 Å². The van der Waals surface area contributed by atoms with Gasteiger partial charge in [-0.25, -0.2) is 0 Å². The van der Waals surface area contributed by atoms with E-state index < -0.39 is 10.1 Å². The Kier molecular flexibility index (Phi) is 8.87. The summed E-state index contributed by atoms with van der Waals surface area (Å²) in [5, 5.41) is 0. The van der Waals surface area contributed by atoms with Crippen LogP contribution in [0, 0.1) is 6.58 Å². The van der Waals surface area contributed by atoms with Gasteiger partial charge in [0.15, 0.2) is 0 Å². The van der Waals surface area contributed by atoms with Crippen LogP contribution in [0.2, 0.25) is 0 Å². The summed E-state index contributed by atoms with van der Waals surface area (Å²) in [5.41, 5.74) is 0.292. The minimum absolute atomic E-state index is 0. The Bertz CT molecular complexity index is 401. The molecular weight excluding hydrogens is 222 g/mol. The Labute approximate surface area is 128 Å². The van der Waals surface area contributed by atoms with Gasteiger partial charge in [-0.15, -0.1) is 0 Å². The molecule has 67 valence electrons. The zero-order valence-corrected chi connectivity index (χ0v) is 6.95. The van der Waals surface area contributed by atoms with Crippen LogP contribution in [0.25, 0.3) is 6.08 Å². The monoisotopic (exact) mass is 231 g/mol. The molecule has 1 N–H and O–H groups in total. The maximum atomic E-state index is 10.7. The summed E-state index contributed by atoms with van der Waals surface area (Å²) in [6, 6.07) is 5.93. The topological polar surface area (TPSA) is 54.4 Å². The molecular formula is C8H9Na2O3S. The summed E-state index contributed by atoms with van der Waals surface area (Å²) < 4.78 is 30.1. The first-order chi connectivity index (χ1) is 5.55. The predicted molar refractivity (Wildman–Crippen MR) is 59.3 cm³/mol. The summed E-state index contributed by atoms with van der Waals surface area (Å²) in [6.45, 7) is 5.15. The van der Waals surface area contributed by atoms with Crippen molar-refractivity contribution in [2.45, 2.75) is 4.90 Å². The van der Waals surface area contributed by atoms with Gasteiger partial charge in [0.05, 0.1) is 0 Å². The van der Waals surface area contributed by atoms with Crippen molar-refractivity contribution in [3.63, 3.8) is 0 Å². The Morgan fingerprint density at radius 2 is 1.71 bits per heavy atom. The van der Waals surface area contributed by atoms with Crippen molar-refractivity contribution < 1.29 is 13.0 Å². The van der Waals surface area contributed by atoms with E-state index in [0.29, 0.717) is 5.56 Å². The van der Waals surface area contributed by atoms with Gasteiger partial charge in [0.25, 0.3) is 10.1 Å². The molecule has 0 aromatic heterocycles. The second kappa shape index (κ2) is 7.19. The molecule has 1 rings (SSSR count). The average molecular weight is 231 g/mol. The molecule has 0 aliphatic rings. The second-order valence-electron chi connectivity index (χ2n) is 2.18. The zero-order chi connectivity index (χ0) is 9.19. The Morgan fingerprint density at radius 1 is 1.21 bits per heavy atom. The van der Waals surface area contributed by atoms with E-state index in [9.17, 15) is 8.42 Å². The summed E-state index contributed by atoms with van der Waals surface area (Å²) >= 11 is 0. The molecule has 1 radical (unpaired) electrons. The van der Waals surface area contributed by atoms with E-state index in [0.717, 1.165) is 6.08 Å². The summed E-state index contributed by atoms with van der Waals surface area (Å²) in [4.78, 5) is -0.174. The number of benzene rings is 1. The molecule has 0 unspecified atom stereocenters. The third-order valence-electron chi connectivity index (χ3n) is 1.38. The van der Waals surface area contributed by atoms with Crippen LogP contribution in [0.1, 0.15) is 5.56 Å². The summed E-state index contributed by atoms with van der Waals surface area (Å²) in [6.07, 6.45) is 1.13. The average Bonchev–Trinajstić information content (AvgIpc) is 2.03. The van der Waals surface area contributed by atoms with Crippen LogP contribution in [0.3, 0.4) is 0 Å². The van der Waals surface area contributed by atoms with Gasteiger partial charge in [-0.2, -0.15) is 8.42 Å². The molecule has 0 fully saturated rings. The van der Waals surface area contributed by atoms with Crippen LogP contribution in [0.4, 0.5) is 0 Å². The Hall–Kier alpha value is 0.870. The molecule has 6 heteroatoms. The van der Waals surface area contributed by atoms with E-state index in [-0.39, 0.29) is 64.0 Å².